The molecule has 5 N–H and O–H groups in total. The number of anilines is 2. The van der Waals surface area contributed by atoms with E-state index in [1.165, 1.54) is 0 Å². The smallest absolute Gasteiger partial charge is 0.353 e. The number of ether oxygens (including phenoxy) is 1. The minimum absolute atomic E-state index is 0.516. The second kappa shape index (κ2) is 5.31. The first-order valence-corrected chi connectivity index (χ1v) is 5.62. The second-order valence-electron chi connectivity index (χ2n) is 4.21. The van der Waals surface area contributed by atoms with Gasteiger partial charge in [0.25, 0.3) is 0 Å². The number of hydrogen-bond donors (Lipinski definition) is 4. The third-order valence-corrected chi connectivity index (χ3v) is 2.89. The fourth-order valence-electron chi connectivity index (χ4n) is 1.82. The summed E-state index contributed by atoms with van der Waals surface area (Å²) in [5.41, 5.74) is 4.50. The monoisotopic (exact) mass is 307 g/mol. The summed E-state index contributed by atoms with van der Waals surface area (Å²) < 4.78 is 32.3. The molecule has 2 rings (SSSR count). The van der Waals surface area contributed by atoms with E-state index in [-0.39, 0.29) is 0 Å². The maximum Gasteiger partial charge on any atom is 0.353 e. The van der Waals surface area contributed by atoms with Gasteiger partial charge in [-0.3, -0.25) is 10.1 Å². The van der Waals surface area contributed by atoms with Crippen LogP contribution in [0.3, 0.4) is 0 Å². The van der Waals surface area contributed by atoms with Crippen LogP contribution in [-0.4, -0.2) is 56.1 Å². The quantitative estimate of drug-likeness (QED) is 0.408. The maximum absolute atomic E-state index is 13.8. The van der Waals surface area contributed by atoms with Crippen LogP contribution >= 0.6 is 0 Å². The van der Waals surface area contributed by atoms with E-state index in [0.29, 0.717) is 0 Å². The summed E-state index contributed by atoms with van der Waals surface area (Å²) in [7, 11) is 0. The molecule has 21 heavy (non-hydrogen) atoms. The van der Waals surface area contributed by atoms with Crippen molar-refractivity contribution in [1.82, 2.24) is 9.97 Å². The number of aromatic nitrogens is 2. The minimum Gasteiger partial charge on any atom is -0.394 e. The zero-order valence-corrected chi connectivity index (χ0v) is 10.3. The van der Waals surface area contributed by atoms with Crippen molar-refractivity contribution < 1.29 is 28.7 Å². The first kappa shape index (κ1) is 15.2. The van der Waals surface area contributed by atoms with Crippen LogP contribution in [0.4, 0.5) is 26.1 Å². The molecule has 1 saturated heterocycles. The van der Waals surface area contributed by atoms with Crippen LogP contribution in [0.5, 0.6) is 0 Å². The molecule has 116 valence electrons. The van der Waals surface area contributed by atoms with Crippen molar-refractivity contribution in [2.75, 3.05) is 17.7 Å². The van der Waals surface area contributed by atoms with Gasteiger partial charge < -0.3 is 26.0 Å². The lowest BCUT2D eigenvalue weighted by atomic mass is 10.1. The van der Waals surface area contributed by atoms with E-state index >= 15 is 0 Å². The lowest BCUT2D eigenvalue weighted by Gasteiger charge is -2.20. The number of alkyl halides is 2. The molecule has 0 radical (unpaired) electrons. The first-order chi connectivity index (χ1) is 9.78. The summed E-state index contributed by atoms with van der Waals surface area (Å²) in [6, 6.07) is 0. The van der Waals surface area contributed by atoms with Crippen LogP contribution in [0.25, 0.3) is 0 Å². The number of halogens is 2. The fourth-order valence-corrected chi connectivity index (χ4v) is 1.82. The van der Waals surface area contributed by atoms with Gasteiger partial charge in [0, 0.05) is 0 Å². The van der Waals surface area contributed by atoms with E-state index in [0.717, 1.165) is 6.33 Å². The van der Waals surface area contributed by atoms with Crippen molar-refractivity contribution >= 4 is 17.3 Å². The topological polar surface area (TPSA) is 157 Å². The number of nitrogens with zero attached hydrogens (tertiary/aromatic N) is 3. The summed E-state index contributed by atoms with van der Waals surface area (Å²) in [5.74, 6) is -4.89. The molecule has 10 nitrogen and oxygen atoms in total. The highest BCUT2D eigenvalue weighted by Gasteiger charge is 2.58. The van der Waals surface area contributed by atoms with E-state index in [9.17, 15) is 24.0 Å². The zero-order valence-electron chi connectivity index (χ0n) is 10.3. The highest BCUT2D eigenvalue weighted by molar-refractivity contribution is 5.67. The van der Waals surface area contributed by atoms with Gasteiger partial charge >= 0.3 is 11.6 Å². The standard InChI is InChI=1S/C9H11F2N5O5/c10-9(11)5(18)3(1-17)21-8(9)15-7-4(16(19)20)6(12)13-2-14-7/h2-3,5,8,17-18H,1H2,(H3,12,13,14,15)/t3-,5-,8-/m1/s1. The Labute approximate surface area is 115 Å². The van der Waals surface area contributed by atoms with Crippen molar-refractivity contribution in [3.05, 3.63) is 16.4 Å². The number of aliphatic hydroxyl groups excluding tert-OH is 2. The van der Waals surface area contributed by atoms with Gasteiger partial charge in [0.15, 0.2) is 12.3 Å². The predicted octanol–water partition coefficient (Wildman–Crippen LogP) is -0.908. The van der Waals surface area contributed by atoms with Gasteiger partial charge in [0.2, 0.25) is 11.6 Å². The zero-order chi connectivity index (χ0) is 15.8. The Morgan fingerprint density at radius 2 is 2.24 bits per heavy atom. The molecule has 1 aliphatic rings. The highest BCUT2D eigenvalue weighted by Crippen LogP contribution is 2.38. The van der Waals surface area contributed by atoms with Gasteiger partial charge in [-0.25, -0.2) is 9.97 Å². The van der Waals surface area contributed by atoms with Crippen molar-refractivity contribution in [2.24, 2.45) is 0 Å². The Kier molecular flexibility index (Phi) is 3.85. The van der Waals surface area contributed by atoms with Gasteiger partial charge in [-0.2, -0.15) is 8.78 Å². The number of nitro groups is 1. The summed E-state index contributed by atoms with van der Waals surface area (Å²) in [4.78, 5) is 16.8. The average Bonchev–Trinajstić information content (AvgIpc) is 2.62. The molecular formula is C9H11F2N5O5. The Morgan fingerprint density at radius 3 is 2.76 bits per heavy atom. The predicted molar refractivity (Wildman–Crippen MR) is 63.4 cm³/mol. The Bertz CT molecular complexity index is 559. The number of rotatable bonds is 4. The summed E-state index contributed by atoms with van der Waals surface area (Å²) in [5, 5.41) is 31.0. The van der Waals surface area contributed by atoms with Crippen molar-refractivity contribution in [2.45, 2.75) is 24.4 Å². The SMILES string of the molecule is Nc1ncnc(N[C@@H]2O[C@H](CO)[C@@H](O)C2(F)F)c1[N+](=O)[O-]. The van der Waals surface area contributed by atoms with E-state index in [2.05, 4.69) is 9.97 Å². The Hall–Kier alpha value is -2.18. The molecule has 0 amide bonds. The van der Waals surface area contributed by atoms with Crippen LogP contribution in [0.1, 0.15) is 0 Å². The molecule has 0 aromatic carbocycles. The first-order valence-electron chi connectivity index (χ1n) is 5.62. The highest BCUT2D eigenvalue weighted by atomic mass is 19.3. The van der Waals surface area contributed by atoms with Crippen LogP contribution in [0.2, 0.25) is 0 Å². The van der Waals surface area contributed by atoms with E-state index in [1.54, 1.807) is 0 Å². The maximum atomic E-state index is 13.8. The molecule has 3 atom stereocenters. The molecular weight excluding hydrogens is 296 g/mol. The van der Waals surface area contributed by atoms with Gasteiger partial charge in [0.1, 0.15) is 12.4 Å². The Morgan fingerprint density at radius 1 is 1.57 bits per heavy atom. The lowest BCUT2D eigenvalue weighted by Crippen LogP contribution is -2.43. The van der Waals surface area contributed by atoms with Crippen LogP contribution in [0.15, 0.2) is 6.33 Å². The molecule has 1 aliphatic heterocycles. The van der Waals surface area contributed by atoms with Gasteiger partial charge in [0.05, 0.1) is 11.5 Å². The number of aliphatic hydroxyl groups is 2. The second-order valence-corrected chi connectivity index (χ2v) is 4.21. The summed E-state index contributed by atoms with van der Waals surface area (Å²) in [6.07, 6.45) is -5.07. The molecule has 12 heteroatoms. The normalized spacial score (nSPS) is 27.5. The molecule has 0 unspecified atom stereocenters. The number of nitrogen functional groups attached to an aromatic ring is 1. The molecule has 2 heterocycles. The van der Waals surface area contributed by atoms with E-state index in [4.69, 9.17) is 15.6 Å². The summed E-state index contributed by atoms with van der Waals surface area (Å²) >= 11 is 0. The fraction of sp³-hybridized carbons (Fsp3) is 0.556. The molecule has 1 fully saturated rings. The molecule has 0 bridgehead atoms. The van der Waals surface area contributed by atoms with Gasteiger partial charge in [-0.1, -0.05) is 0 Å². The third kappa shape index (κ3) is 2.55. The lowest BCUT2D eigenvalue weighted by molar-refractivity contribution is -0.383. The number of nitrogens with one attached hydrogen (secondary N) is 1. The number of nitrogens with two attached hydrogens (primary N) is 1. The average molecular weight is 307 g/mol. The van der Waals surface area contributed by atoms with Crippen molar-refractivity contribution in [1.29, 1.82) is 0 Å². The molecule has 1 aromatic rings. The minimum atomic E-state index is -3.79. The van der Waals surface area contributed by atoms with Crippen LogP contribution < -0.4 is 11.1 Å². The summed E-state index contributed by atoms with van der Waals surface area (Å²) in [6.45, 7) is -0.844. The molecule has 1 aromatic heterocycles. The van der Waals surface area contributed by atoms with Crippen LogP contribution in [0, 0.1) is 10.1 Å². The Balaban J connectivity index is 2.31. The number of hydrogen-bond acceptors (Lipinski definition) is 9. The van der Waals surface area contributed by atoms with Crippen molar-refractivity contribution in [3.8, 4) is 0 Å². The van der Waals surface area contributed by atoms with E-state index < -0.39 is 53.2 Å². The largest absolute Gasteiger partial charge is 0.394 e. The third-order valence-electron chi connectivity index (χ3n) is 2.89. The molecule has 0 aliphatic carbocycles. The van der Waals surface area contributed by atoms with E-state index in [1.807, 2.05) is 5.32 Å². The van der Waals surface area contributed by atoms with Gasteiger partial charge in [-0.05, 0) is 0 Å². The van der Waals surface area contributed by atoms with Gasteiger partial charge in [-0.15, -0.1) is 0 Å². The van der Waals surface area contributed by atoms with Crippen LogP contribution in [-0.2, 0) is 4.74 Å². The molecule has 0 saturated carbocycles. The van der Waals surface area contributed by atoms with Crippen molar-refractivity contribution in [3.63, 3.8) is 0 Å². The molecule has 0 spiro atoms.